The normalized spacial score (nSPS) is 10.8. The Morgan fingerprint density at radius 3 is 1.74 bits per heavy atom. The Kier molecular flexibility index (Phi) is 23.3. The zero-order valence-corrected chi connectivity index (χ0v) is 26.0. The van der Waals surface area contributed by atoms with Crippen molar-refractivity contribution in [3.8, 4) is 0 Å². The molecule has 0 radical (unpaired) electrons. The van der Waals surface area contributed by atoms with Crippen LogP contribution < -0.4 is 32.3 Å². The van der Waals surface area contributed by atoms with Crippen LogP contribution in [0.15, 0.2) is 24.3 Å². The second kappa shape index (κ2) is 22.7. The molecule has 12 nitrogen and oxygen atoms in total. The van der Waals surface area contributed by atoms with Gasteiger partial charge in [-0.1, -0.05) is 24.3 Å². The fourth-order valence-electron chi connectivity index (χ4n) is 3.22. The second-order valence-corrected chi connectivity index (χ2v) is 8.13. The van der Waals surface area contributed by atoms with Gasteiger partial charge in [-0.15, -0.1) is 0 Å². The average molecular weight is 818 g/mol. The van der Waals surface area contributed by atoms with Crippen molar-refractivity contribution in [1.29, 1.82) is 0 Å². The summed E-state index contributed by atoms with van der Waals surface area (Å²) in [5.74, 6) is -1.69. The quantitative estimate of drug-likeness (QED) is 0.0985. The Labute approximate surface area is 288 Å². The van der Waals surface area contributed by atoms with Gasteiger partial charge in [0.2, 0.25) is 17.7 Å². The first-order valence-corrected chi connectivity index (χ1v) is 11.6. The maximum Gasteiger partial charge on any atom is 0.237 e. The van der Waals surface area contributed by atoms with Crippen LogP contribution in [0.25, 0.3) is 0 Å². The molecule has 0 bridgehead atoms. The van der Waals surface area contributed by atoms with Crippen LogP contribution in [0.5, 0.6) is 0 Å². The van der Waals surface area contributed by atoms with Crippen LogP contribution in [0.1, 0.15) is 24.0 Å². The molecule has 38 heavy (non-hydrogen) atoms. The predicted molar refractivity (Wildman–Crippen MR) is 135 cm³/mol. The van der Waals surface area contributed by atoms with Crippen molar-refractivity contribution in [3.05, 3.63) is 49.2 Å². The van der Waals surface area contributed by atoms with Gasteiger partial charge in [0.25, 0.3) is 0 Å². The third-order valence-corrected chi connectivity index (χ3v) is 5.19. The first-order chi connectivity index (χ1) is 17.1. The fraction of sp³-hybridized carbons (Fsp3) is 0.458. The van der Waals surface area contributed by atoms with E-state index in [0.29, 0.717) is 45.7 Å². The summed E-state index contributed by atoms with van der Waals surface area (Å²) >= 11 is 0. The van der Waals surface area contributed by atoms with Gasteiger partial charge in [0.1, 0.15) is 0 Å². The Bertz CT molecular complexity index is 867. The van der Waals surface area contributed by atoms with Crippen molar-refractivity contribution < 1.29 is 104 Å². The SMILES string of the molecule is [CH2-]C(=O)NCCN(CCNC([CH2-])=O)CC(=O)NCc1ccc(CNC(=O)[C@H](CCC(N)=O)NC)cc1.[Gd].[Gd]. The Morgan fingerprint density at radius 1 is 0.842 bits per heavy atom. The van der Waals surface area contributed by atoms with Crippen molar-refractivity contribution in [1.82, 2.24) is 31.5 Å². The summed E-state index contributed by atoms with van der Waals surface area (Å²) in [5.41, 5.74) is 6.91. The van der Waals surface area contributed by atoms with E-state index in [1.165, 1.54) is 0 Å². The Balaban J connectivity index is 0. The number of carbonyl (C=O) groups is 5. The molecular weight excluding hydrogens is 781 g/mol. The molecule has 1 aromatic rings. The molecule has 1 rings (SSSR count). The summed E-state index contributed by atoms with van der Waals surface area (Å²) in [4.78, 5) is 59.4. The van der Waals surface area contributed by atoms with Crippen molar-refractivity contribution >= 4 is 29.5 Å². The van der Waals surface area contributed by atoms with Gasteiger partial charge >= 0.3 is 0 Å². The number of benzene rings is 1. The van der Waals surface area contributed by atoms with Crippen LogP contribution in [0.2, 0.25) is 0 Å². The molecular formula is C24H37Gd2N7O5-2. The zero-order valence-electron chi connectivity index (χ0n) is 21.4. The summed E-state index contributed by atoms with van der Waals surface area (Å²) in [7, 11) is 1.65. The summed E-state index contributed by atoms with van der Waals surface area (Å²) in [5, 5.41) is 13.7. The van der Waals surface area contributed by atoms with Gasteiger partial charge in [0, 0.05) is 126 Å². The van der Waals surface area contributed by atoms with Crippen LogP contribution in [-0.4, -0.2) is 80.2 Å². The average Bonchev–Trinajstić information content (AvgIpc) is 2.81. The zero-order chi connectivity index (χ0) is 26.9. The summed E-state index contributed by atoms with van der Waals surface area (Å²) in [6.07, 6.45) is 0.444. The fourth-order valence-corrected chi connectivity index (χ4v) is 3.22. The second-order valence-electron chi connectivity index (χ2n) is 8.13. The molecule has 0 spiro atoms. The molecule has 0 saturated heterocycles. The predicted octanol–water partition coefficient (Wildman–Crippen LogP) is -2.02. The molecule has 0 aliphatic heterocycles. The Hall–Kier alpha value is -1.12. The molecule has 0 heterocycles. The Morgan fingerprint density at radius 2 is 1.32 bits per heavy atom. The minimum absolute atomic E-state index is 0. The molecule has 0 aliphatic rings. The molecule has 216 valence electrons. The minimum Gasteiger partial charge on any atom is -0.380 e. The van der Waals surface area contributed by atoms with E-state index in [1.54, 1.807) is 11.9 Å². The van der Waals surface area contributed by atoms with E-state index in [-0.39, 0.29) is 105 Å². The maximum atomic E-state index is 12.4. The number of carbonyl (C=O) groups excluding carboxylic acids is 5. The number of primary amides is 1. The molecule has 0 aliphatic carbocycles. The van der Waals surface area contributed by atoms with E-state index >= 15 is 0 Å². The summed E-state index contributed by atoms with van der Waals surface area (Å²) in [6, 6.07) is 6.92. The van der Waals surface area contributed by atoms with Gasteiger partial charge in [-0.3, -0.25) is 19.3 Å². The largest absolute Gasteiger partial charge is 0.380 e. The van der Waals surface area contributed by atoms with E-state index in [2.05, 4.69) is 40.4 Å². The van der Waals surface area contributed by atoms with Crippen molar-refractivity contribution in [2.45, 2.75) is 32.0 Å². The number of nitrogens with one attached hydrogen (secondary N) is 5. The summed E-state index contributed by atoms with van der Waals surface area (Å²) < 4.78 is 0. The van der Waals surface area contributed by atoms with Crippen molar-refractivity contribution in [2.75, 3.05) is 39.8 Å². The number of hydrogen-bond acceptors (Lipinski definition) is 7. The van der Waals surface area contributed by atoms with E-state index < -0.39 is 23.8 Å². The smallest absolute Gasteiger partial charge is 0.237 e. The first kappa shape index (κ1) is 39.0. The number of nitrogens with zero attached hydrogens (tertiary/aromatic N) is 1. The van der Waals surface area contributed by atoms with Gasteiger partial charge in [0.05, 0.1) is 24.4 Å². The minimum atomic E-state index is -0.503. The molecule has 0 saturated carbocycles. The summed E-state index contributed by atoms with van der Waals surface area (Å²) in [6.45, 7) is 8.70. The molecule has 0 fully saturated rings. The van der Waals surface area contributed by atoms with Gasteiger partial charge in [-0.25, -0.2) is 0 Å². The van der Waals surface area contributed by atoms with Crippen LogP contribution in [0.4, 0.5) is 0 Å². The standard InChI is InChI=1S/C24H37N7O5.2Gd/c1-17(32)27-10-12-31(13-11-28-18(2)33)16-23(35)29-14-19-4-6-20(7-5-19)15-30-24(36)21(26-3)8-9-22(25)34;;/h4-7,21,26H,1-2,8-16H2,3H3,(H2,25,34)(H,27,32)(H,28,33)(H,29,35)(H,30,36);;/q-2;;/t21-;;/m0../s1. The first-order valence-electron chi connectivity index (χ1n) is 11.6. The molecule has 5 amide bonds. The monoisotopic (exact) mass is 819 g/mol. The third kappa shape index (κ3) is 19.0. The number of likely N-dealkylation sites (N-methyl/N-ethyl adjacent to an activating group) is 1. The van der Waals surface area contributed by atoms with Crippen LogP contribution in [0.3, 0.4) is 0 Å². The molecule has 0 aromatic heterocycles. The van der Waals surface area contributed by atoms with E-state index in [0.717, 1.165) is 11.1 Å². The number of hydrogen-bond donors (Lipinski definition) is 6. The third-order valence-electron chi connectivity index (χ3n) is 5.19. The van der Waals surface area contributed by atoms with Crippen LogP contribution >= 0.6 is 0 Å². The molecule has 7 N–H and O–H groups in total. The number of rotatable bonds is 17. The number of amides is 5. The van der Waals surface area contributed by atoms with Gasteiger partial charge < -0.3 is 55.8 Å². The molecule has 0 unspecified atom stereocenters. The molecule has 14 heteroatoms. The van der Waals surface area contributed by atoms with Crippen molar-refractivity contribution in [3.63, 3.8) is 0 Å². The van der Waals surface area contributed by atoms with E-state index in [9.17, 15) is 24.0 Å². The van der Waals surface area contributed by atoms with Gasteiger partial charge in [-0.2, -0.15) is 0 Å². The topological polar surface area (TPSA) is 175 Å². The molecule has 1 aromatic carbocycles. The molecule has 1 atom stereocenters. The van der Waals surface area contributed by atoms with Gasteiger partial charge in [0.15, 0.2) is 0 Å². The van der Waals surface area contributed by atoms with Crippen LogP contribution in [0, 0.1) is 93.7 Å². The number of nitrogens with two attached hydrogens (primary N) is 1. The maximum absolute atomic E-state index is 12.4. The van der Waals surface area contributed by atoms with E-state index in [4.69, 9.17) is 5.73 Å². The van der Waals surface area contributed by atoms with Crippen molar-refractivity contribution in [2.24, 2.45) is 5.73 Å². The van der Waals surface area contributed by atoms with E-state index in [1.807, 2.05) is 24.3 Å². The van der Waals surface area contributed by atoms with Crippen LogP contribution in [-0.2, 0) is 37.1 Å². The van der Waals surface area contributed by atoms with Gasteiger partial charge in [-0.05, 0) is 24.6 Å².